The number of benzene rings is 6. The third-order valence-corrected chi connectivity index (χ3v) is 11.9. The summed E-state index contributed by atoms with van der Waals surface area (Å²) in [7, 11) is -8.61. The zero-order valence-electron chi connectivity index (χ0n) is 29.3. The lowest BCUT2D eigenvalue weighted by atomic mass is 10.0. The lowest BCUT2D eigenvalue weighted by molar-refractivity contribution is -0.137. The molecule has 6 aromatic carbocycles. The Kier molecular flexibility index (Phi) is 11.4. The Balaban J connectivity index is 1.19. The van der Waals surface area contributed by atoms with Gasteiger partial charge in [0.1, 0.15) is 22.6 Å². The Hall–Kier alpha value is -6.30. The Labute approximate surface area is 328 Å². The maximum Gasteiger partial charge on any atom is 0.416 e. The van der Waals surface area contributed by atoms with Crippen molar-refractivity contribution in [2.75, 3.05) is 15.7 Å². The Morgan fingerprint density at radius 1 is 0.632 bits per heavy atom. The number of hydrogen-bond acceptors (Lipinski definition) is 9. The topological polar surface area (TPSA) is 176 Å². The van der Waals surface area contributed by atoms with Gasteiger partial charge in [-0.2, -0.15) is 13.2 Å². The predicted octanol–water partition coefficient (Wildman–Crippen LogP) is 8.99. The first-order valence-corrected chi connectivity index (χ1v) is 20.6. The van der Waals surface area contributed by atoms with Gasteiger partial charge in [-0.1, -0.05) is 48.5 Å². The zero-order valence-corrected chi connectivity index (χ0v) is 31.8. The first kappa shape index (κ1) is 40.4. The molecule has 0 aliphatic heterocycles. The van der Waals surface area contributed by atoms with Crippen LogP contribution in [0, 0.1) is 0 Å². The van der Waals surface area contributed by atoms with Crippen LogP contribution < -0.4 is 14.2 Å². The lowest BCUT2D eigenvalue weighted by Gasteiger charge is -2.14. The highest BCUT2D eigenvalue weighted by Crippen LogP contribution is 2.34. The minimum absolute atomic E-state index is 0.0722. The van der Waals surface area contributed by atoms with E-state index in [-0.39, 0.29) is 32.3 Å². The number of rotatable bonds is 12. The lowest BCUT2D eigenvalue weighted by Crippen LogP contribution is -2.15. The number of carbonyl (C=O) groups excluding carboxylic acids is 1. The molecule has 6 aromatic rings. The molecule has 0 spiro atoms. The number of halogens is 3. The smallest absolute Gasteiger partial charge is 0.416 e. The van der Waals surface area contributed by atoms with Crippen molar-refractivity contribution >= 4 is 55.1 Å². The van der Waals surface area contributed by atoms with Crippen LogP contribution in [0.5, 0.6) is 11.5 Å². The van der Waals surface area contributed by atoms with Crippen LogP contribution in [0.4, 0.5) is 24.5 Å². The van der Waals surface area contributed by atoms with Gasteiger partial charge in [0.15, 0.2) is 0 Å². The molecule has 0 aromatic heterocycles. The molecule has 0 atom stereocenters. The molecule has 0 amide bonds. The van der Waals surface area contributed by atoms with Crippen molar-refractivity contribution in [3.05, 3.63) is 150 Å². The summed E-state index contributed by atoms with van der Waals surface area (Å²) in [5.41, 5.74) is -0.609. The number of thioether (sulfide) groups is 1. The molecule has 0 aliphatic rings. The van der Waals surface area contributed by atoms with Crippen molar-refractivity contribution in [3.8, 4) is 33.8 Å². The molecule has 0 bridgehead atoms. The minimum atomic E-state index is -4.62. The fourth-order valence-electron chi connectivity index (χ4n) is 5.54. The van der Waals surface area contributed by atoms with E-state index >= 15 is 0 Å². The van der Waals surface area contributed by atoms with Gasteiger partial charge in [0, 0.05) is 17.0 Å². The number of phenolic OH excluding ortho intramolecular Hbond substituents is 1. The third-order valence-electron chi connectivity index (χ3n) is 8.37. The second kappa shape index (κ2) is 16.0. The average molecular weight is 835 g/mol. The van der Waals surface area contributed by atoms with Gasteiger partial charge < -0.3 is 14.9 Å². The van der Waals surface area contributed by atoms with E-state index in [9.17, 15) is 49.8 Å². The Bertz CT molecular complexity index is 2740. The summed E-state index contributed by atoms with van der Waals surface area (Å²) in [6.07, 6.45) is -2.68. The number of sulfonamides is 2. The zero-order chi connectivity index (χ0) is 41.1. The number of carboxylic acid groups (broad SMARTS) is 1. The van der Waals surface area contributed by atoms with Crippen LogP contribution in [0.3, 0.4) is 0 Å². The van der Waals surface area contributed by atoms with Crippen LogP contribution in [0.15, 0.2) is 148 Å². The summed E-state index contributed by atoms with van der Waals surface area (Å²) in [4.78, 5) is 25.8. The Morgan fingerprint density at radius 3 is 1.67 bits per heavy atom. The number of carboxylic acids is 1. The average Bonchev–Trinajstić information content (AvgIpc) is 3.17. The van der Waals surface area contributed by atoms with Gasteiger partial charge in [-0.25, -0.2) is 26.4 Å². The van der Waals surface area contributed by atoms with E-state index in [1.54, 1.807) is 23.9 Å². The van der Waals surface area contributed by atoms with Crippen LogP contribution in [0.2, 0.25) is 0 Å². The number of aromatic carboxylic acids is 1. The van der Waals surface area contributed by atoms with E-state index in [1.807, 2.05) is 30.5 Å². The number of carbonyl (C=O) groups is 2. The molecular weight excluding hydrogens is 806 g/mol. The molecule has 6 rings (SSSR count). The molecule has 4 N–H and O–H groups in total. The molecule has 11 nitrogen and oxygen atoms in total. The Morgan fingerprint density at radius 2 is 1.14 bits per heavy atom. The molecule has 0 fully saturated rings. The van der Waals surface area contributed by atoms with Gasteiger partial charge >= 0.3 is 18.1 Å². The standard InChI is InChI=1S/C40H29F3N2O9S3/c1-55-31-15-11-24(12-16-31)26-6-3-9-32(20-26)56(50,51)44-29-13-17-34(36(46)22-29)39(49)54-37-23-30(14-18-35(37)38(47)48)45-57(52,53)33-10-4-7-27(21-33)25-5-2-8-28(19-25)40(41,42)43/h2-23,44-46H,1H3,(H,47,48). The summed E-state index contributed by atoms with van der Waals surface area (Å²) < 4.78 is 103. The normalized spacial score (nSPS) is 11.8. The largest absolute Gasteiger partial charge is 0.507 e. The number of esters is 1. The second-order valence-electron chi connectivity index (χ2n) is 12.2. The first-order chi connectivity index (χ1) is 26.9. The molecular formula is C40H29F3N2O9S3. The number of aromatic hydroxyl groups is 1. The van der Waals surface area contributed by atoms with Crippen molar-refractivity contribution < 1.29 is 54.5 Å². The van der Waals surface area contributed by atoms with Crippen molar-refractivity contribution in [1.29, 1.82) is 0 Å². The summed E-state index contributed by atoms with van der Waals surface area (Å²) in [5, 5.41) is 20.5. The fraction of sp³-hybridized carbons (Fsp3) is 0.0500. The molecule has 0 unspecified atom stereocenters. The number of anilines is 2. The number of phenols is 1. The van der Waals surface area contributed by atoms with Crippen LogP contribution in [-0.4, -0.2) is 45.2 Å². The minimum Gasteiger partial charge on any atom is -0.507 e. The fourth-order valence-corrected chi connectivity index (χ4v) is 8.14. The van der Waals surface area contributed by atoms with Gasteiger partial charge in [-0.15, -0.1) is 11.8 Å². The quantitative estimate of drug-likeness (QED) is 0.0529. The highest BCUT2D eigenvalue weighted by atomic mass is 32.2. The molecule has 0 saturated carbocycles. The monoisotopic (exact) mass is 834 g/mol. The van der Waals surface area contributed by atoms with Gasteiger partial charge in [-0.05, 0) is 101 Å². The van der Waals surface area contributed by atoms with E-state index in [1.165, 1.54) is 48.5 Å². The van der Waals surface area contributed by atoms with Crippen LogP contribution >= 0.6 is 11.8 Å². The van der Waals surface area contributed by atoms with Gasteiger partial charge in [0.2, 0.25) is 0 Å². The van der Waals surface area contributed by atoms with Crippen LogP contribution in [-0.2, 0) is 26.2 Å². The number of hydrogen-bond donors (Lipinski definition) is 4. The van der Waals surface area contributed by atoms with Crippen molar-refractivity contribution in [3.63, 3.8) is 0 Å². The maximum atomic E-state index is 13.4. The van der Waals surface area contributed by atoms with E-state index in [4.69, 9.17) is 4.74 Å². The first-order valence-electron chi connectivity index (χ1n) is 16.4. The molecule has 292 valence electrons. The highest BCUT2D eigenvalue weighted by molar-refractivity contribution is 7.98. The molecule has 0 heterocycles. The van der Waals surface area contributed by atoms with Crippen molar-refractivity contribution in [1.82, 2.24) is 0 Å². The molecule has 0 aliphatic carbocycles. The summed E-state index contributed by atoms with van der Waals surface area (Å²) >= 11 is 1.57. The second-order valence-corrected chi connectivity index (χ2v) is 16.5. The molecule has 57 heavy (non-hydrogen) atoms. The molecule has 17 heteroatoms. The number of alkyl halides is 3. The third kappa shape index (κ3) is 9.40. The van der Waals surface area contributed by atoms with Crippen LogP contribution in [0.1, 0.15) is 26.3 Å². The van der Waals surface area contributed by atoms with E-state index in [0.717, 1.165) is 59.0 Å². The number of ether oxygens (including phenoxy) is 1. The van der Waals surface area contributed by atoms with E-state index < -0.39 is 66.4 Å². The van der Waals surface area contributed by atoms with Gasteiger partial charge in [0.25, 0.3) is 20.0 Å². The van der Waals surface area contributed by atoms with Gasteiger partial charge in [-0.3, -0.25) is 9.44 Å². The van der Waals surface area contributed by atoms with Crippen molar-refractivity contribution in [2.24, 2.45) is 0 Å². The van der Waals surface area contributed by atoms with E-state index in [0.29, 0.717) is 5.56 Å². The number of nitrogens with one attached hydrogen (secondary N) is 2. The van der Waals surface area contributed by atoms with Gasteiger partial charge in [0.05, 0.1) is 26.7 Å². The van der Waals surface area contributed by atoms with Crippen molar-refractivity contribution in [2.45, 2.75) is 20.9 Å². The summed E-state index contributed by atoms with van der Waals surface area (Å²) in [5.74, 6) is -4.15. The maximum absolute atomic E-state index is 13.4. The molecule has 0 radical (unpaired) electrons. The predicted molar refractivity (Wildman–Crippen MR) is 209 cm³/mol. The van der Waals surface area contributed by atoms with Crippen LogP contribution in [0.25, 0.3) is 22.3 Å². The summed E-state index contributed by atoms with van der Waals surface area (Å²) in [6, 6.07) is 29.3. The van der Waals surface area contributed by atoms with E-state index in [2.05, 4.69) is 9.44 Å². The summed E-state index contributed by atoms with van der Waals surface area (Å²) in [6.45, 7) is 0. The SMILES string of the molecule is CSc1ccc(-c2cccc(S(=O)(=O)Nc3ccc(C(=O)Oc4cc(NS(=O)(=O)c5cccc(-c6cccc(C(F)(F)F)c6)c5)ccc4C(=O)O)c(O)c3)c2)cc1. The highest BCUT2D eigenvalue weighted by Gasteiger charge is 2.30. The molecule has 0 saturated heterocycles.